The lowest BCUT2D eigenvalue weighted by atomic mass is 10.2. The lowest BCUT2D eigenvalue weighted by Gasteiger charge is -2.08. The lowest BCUT2D eigenvalue weighted by Crippen LogP contribution is -2.10. The Balaban J connectivity index is 2.91. The van der Waals surface area contributed by atoms with Crippen molar-refractivity contribution < 1.29 is 9.84 Å². The highest BCUT2D eigenvalue weighted by Crippen LogP contribution is 2.03. The first-order valence-corrected chi connectivity index (χ1v) is 5.49. The Morgan fingerprint density at radius 2 is 1.85 bits per heavy atom. The van der Waals surface area contributed by atoms with E-state index in [1.54, 1.807) is 0 Å². The Kier molecular flexibility index (Phi) is 9.94. The minimum atomic E-state index is 0.232. The van der Waals surface area contributed by atoms with Crippen LogP contribution >= 0.6 is 0 Å². The zero-order valence-electron chi connectivity index (χ0n) is 9.09. The highest BCUT2D eigenvalue weighted by atomic mass is 16.5. The third-order valence-electron chi connectivity index (χ3n) is 2.11. The van der Waals surface area contributed by atoms with Crippen LogP contribution in [0.25, 0.3) is 0 Å². The summed E-state index contributed by atoms with van der Waals surface area (Å²) in [6, 6.07) is 0. The van der Waals surface area contributed by atoms with Gasteiger partial charge in [0.05, 0.1) is 6.61 Å². The van der Waals surface area contributed by atoms with Crippen molar-refractivity contribution in [1.82, 2.24) is 0 Å². The van der Waals surface area contributed by atoms with Crippen LogP contribution in [0.2, 0.25) is 0 Å². The monoisotopic (exact) mass is 188 g/mol. The summed E-state index contributed by atoms with van der Waals surface area (Å²) in [4.78, 5) is 0. The van der Waals surface area contributed by atoms with Crippen LogP contribution in [-0.4, -0.2) is 24.9 Å². The Morgan fingerprint density at radius 1 is 1.15 bits per heavy atom. The quantitative estimate of drug-likeness (QED) is 0.564. The van der Waals surface area contributed by atoms with E-state index in [1.165, 1.54) is 25.7 Å². The summed E-state index contributed by atoms with van der Waals surface area (Å²) in [6.45, 7) is 6.00. The van der Waals surface area contributed by atoms with Crippen molar-refractivity contribution in [2.75, 3.05) is 19.8 Å². The Labute approximate surface area is 82.3 Å². The van der Waals surface area contributed by atoms with E-state index < -0.39 is 0 Å². The molecule has 13 heavy (non-hydrogen) atoms. The fraction of sp³-hybridized carbons (Fsp3) is 1.00. The van der Waals surface area contributed by atoms with Crippen molar-refractivity contribution in [2.45, 2.75) is 46.0 Å². The van der Waals surface area contributed by atoms with E-state index in [1.807, 2.05) is 6.92 Å². The average molecular weight is 188 g/mol. The van der Waals surface area contributed by atoms with Crippen LogP contribution in [0, 0.1) is 5.92 Å². The van der Waals surface area contributed by atoms with Crippen molar-refractivity contribution in [2.24, 2.45) is 5.92 Å². The van der Waals surface area contributed by atoms with E-state index in [2.05, 4.69) is 6.92 Å². The molecule has 0 bridgehead atoms. The van der Waals surface area contributed by atoms with Gasteiger partial charge in [-0.1, -0.05) is 39.5 Å². The first-order chi connectivity index (χ1) is 6.31. The summed E-state index contributed by atoms with van der Waals surface area (Å²) in [6.07, 6.45) is 6.41. The molecule has 0 aliphatic carbocycles. The van der Waals surface area contributed by atoms with Crippen LogP contribution < -0.4 is 0 Å². The minimum absolute atomic E-state index is 0.232. The van der Waals surface area contributed by atoms with Crippen molar-refractivity contribution in [1.29, 1.82) is 0 Å². The van der Waals surface area contributed by atoms with Gasteiger partial charge in [-0.2, -0.15) is 0 Å². The van der Waals surface area contributed by atoms with E-state index >= 15 is 0 Å². The van der Waals surface area contributed by atoms with Crippen molar-refractivity contribution in [3.63, 3.8) is 0 Å². The van der Waals surface area contributed by atoms with Crippen molar-refractivity contribution in [3.05, 3.63) is 0 Å². The molecule has 1 unspecified atom stereocenters. The number of hydrogen-bond acceptors (Lipinski definition) is 2. The maximum Gasteiger partial charge on any atom is 0.0513 e. The minimum Gasteiger partial charge on any atom is -0.396 e. The molecular formula is C11H24O2. The molecule has 0 aliphatic heterocycles. The van der Waals surface area contributed by atoms with Gasteiger partial charge in [-0.05, 0) is 6.42 Å². The van der Waals surface area contributed by atoms with Gasteiger partial charge in [0.15, 0.2) is 0 Å². The van der Waals surface area contributed by atoms with E-state index in [-0.39, 0.29) is 12.5 Å². The zero-order chi connectivity index (χ0) is 9.94. The highest BCUT2D eigenvalue weighted by molar-refractivity contribution is 4.47. The molecule has 1 atom stereocenters. The Morgan fingerprint density at radius 3 is 2.46 bits per heavy atom. The number of hydrogen-bond donors (Lipinski definition) is 1. The van der Waals surface area contributed by atoms with Gasteiger partial charge in [0.2, 0.25) is 0 Å². The molecule has 0 aliphatic rings. The normalized spacial score (nSPS) is 13.2. The van der Waals surface area contributed by atoms with Gasteiger partial charge in [0.25, 0.3) is 0 Å². The van der Waals surface area contributed by atoms with E-state index in [0.717, 1.165) is 13.0 Å². The maximum atomic E-state index is 8.73. The summed E-state index contributed by atoms with van der Waals surface area (Å²) in [5.74, 6) is 0.288. The molecule has 2 nitrogen and oxygen atoms in total. The predicted octanol–water partition coefficient (Wildman–Crippen LogP) is 2.60. The highest BCUT2D eigenvalue weighted by Gasteiger charge is 1.98. The molecule has 1 N–H and O–H groups in total. The largest absolute Gasteiger partial charge is 0.396 e. The van der Waals surface area contributed by atoms with Crippen molar-refractivity contribution >= 4 is 0 Å². The molecular weight excluding hydrogens is 164 g/mol. The Hall–Kier alpha value is -0.0800. The SMILES string of the molecule is CCCCCCCOCC(C)CO. The van der Waals surface area contributed by atoms with Gasteiger partial charge in [-0.25, -0.2) is 0 Å². The number of ether oxygens (including phenoxy) is 1. The molecule has 0 saturated heterocycles. The van der Waals surface area contributed by atoms with Crippen LogP contribution in [0.15, 0.2) is 0 Å². The lowest BCUT2D eigenvalue weighted by molar-refractivity contribution is 0.0775. The molecule has 0 heterocycles. The standard InChI is InChI=1S/C11H24O2/c1-3-4-5-6-7-8-13-10-11(2)9-12/h11-12H,3-10H2,1-2H3. The van der Waals surface area contributed by atoms with Crippen LogP contribution in [0.3, 0.4) is 0 Å². The average Bonchev–Trinajstić information content (AvgIpc) is 2.16. The summed E-state index contributed by atoms with van der Waals surface area (Å²) in [5, 5.41) is 8.73. The zero-order valence-corrected chi connectivity index (χ0v) is 9.09. The predicted molar refractivity (Wildman–Crippen MR) is 55.8 cm³/mol. The number of rotatable bonds is 9. The summed E-state index contributed by atoms with van der Waals surface area (Å²) in [5.41, 5.74) is 0. The fourth-order valence-corrected chi connectivity index (χ4v) is 1.14. The summed E-state index contributed by atoms with van der Waals surface area (Å²) >= 11 is 0. The number of aliphatic hydroxyl groups excluding tert-OH is 1. The van der Waals surface area contributed by atoms with E-state index in [9.17, 15) is 0 Å². The molecule has 80 valence electrons. The molecule has 0 aromatic heterocycles. The summed E-state index contributed by atoms with van der Waals surface area (Å²) < 4.78 is 5.41. The second kappa shape index (κ2) is 10.0. The smallest absolute Gasteiger partial charge is 0.0513 e. The van der Waals surface area contributed by atoms with Crippen LogP contribution in [0.4, 0.5) is 0 Å². The van der Waals surface area contributed by atoms with Gasteiger partial charge in [-0.15, -0.1) is 0 Å². The van der Waals surface area contributed by atoms with E-state index in [4.69, 9.17) is 9.84 Å². The third-order valence-corrected chi connectivity index (χ3v) is 2.11. The second-order valence-corrected chi connectivity index (χ2v) is 3.78. The van der Waals surface area contributed by atoms with Gasteiger partial charge < -0.3 is 9.84 Å². The van der Waals surface area contributed by atoms with E-state index in [0.29, 0.717) is 6.61 Å². The first-order valence-electron chi connectivity index (χ1n) is 5.49. The van der Waals surface area contributed by atoms with Crippen LogP contribution in [-0.2, 0) is 4.74 Å². The second-order valence-electron chi connectivity index (χ2n) is 3.78. The molecule has 0 aromatic carbocycles. The van der Waals surface area contributed by atoms with Gasteiger partial charge in [-0.3, -0.25) is 0 Å². The van der Waals surface area contributed by atoms with Gasteiger partial charge >= 0.3 is 0 Å². The molecule has 0 spiro atoms. The molecule has 2 heteroatoms. The van der Waals surface area contributed by atoms with Gasteiger partial charge in [0.1, 0.15) is 0 Å². The number of unbranched alkanes of at least 4 members (excludes halogenated alkanes) is 4. The molecule has 0 fully saturated rings. The van der Waals surface area contributed by atoms with Crippen molar-refractivity contribution in [3.8, 4) is 0 Å². The molecule has 0 radical (unpaired) electrons. The first kappa shape index (κ1) is 12.9. The molecule has 0 saturated carbocycles. The fourth-order valence-electron chi connectivity index (χ4n) is 1.14. The molecule has 0 rings (SSSR count). The summed E-state index contributed by atoms with van der Waals surface area (Å²) in [7, 11) is 0. The molecule has 0 aromatic rings. The van der Waals surface area contributed by atoms with Crippen LogP contribution in [0.1, 0.15) is 46.0 Å². The number of aliphatic hydroxyl groups is 1. The topological polar surface area (TPSA) is 29.5 Å². The van der Waals surface area contributed by atoms with Crippen LogP contribution in [0.5, 0.6) is 0 Å². The maximum absolute atomic E-state index is 8.73. The van der Waals surface area contributed by atoms with Gasteiger partial charge in [0, 0.05) is 19.1 Å². The Bertz CT molecular complexity index is 94.1. The third kappa shape index (κ3) is 9.84. The molecule has 0 amide bonds.